The van der Waals surface area contributed by atoms with Gasteiger partial charge in [-0.1, -0.05) is 6.92 Å². The molecule has 23 heavy (non-hydrogen) atoms. The van der Waals surface area contributed by atoms with E-state index in [1.54, 1.807) is 0 Å². The first kappa shape index (κ1) is 17.6. The number of nitrogens with one attached hydrogen (secondary N) is 1. The van der Waals surface area contributed by atoms with Crippen LogP contribution in [-0.4, -0.2) is 57.1 Å². The standard InChI is InChI=1S/C17H26N2O4/c1-3-9-22-15-4-5-16(14(2)13-15)18-17(20)23-12-8-19-6-10-21-11-7-19/h4-5,13H,3,6-12H2,1-2H3,(H,18,20). The van der Waals surface area contributed by atoms with Gasteiger partial charge in [-0.05, 0) is 37.1 Å². The topological polar surface area (TPSA) is 60.0 Å². The van der Waals surface area contributed by atoms with Gasteiger partial charge in [0.1, 0.15) is 12.4 Å². The smallest absolute Gasteiger partial charge is 0.411 e. The van der Waals surface area contributed by atoms with Gasteiger partial charge in [0, 0.05) is 25.3 Å². The largest absolute Gasteiger partial charge is 0.494 e. The van der Waals surface area contributed by atoms with Crippen LogP contribution in [0.5, 0.6) is 5.75 Å². The number of hydrogen-bond donors (Lipinski definition) is 1. The van der Waals surface area contributed by atoms with E-state index in [0.717, 1.165) is 56.3 Å². The number of carbonyl (C=O) groups is 1. The lowest BCUT2D eigenvalue weighted by molar-refractivity contribution is 0.0290. The quantitative estimate of drug-likeness (QED) is 0.836. The molecule has 0 aromatic heterocycles. The first-order valence-corrected chi connectivity index (χ1v) is 8.16. The highest BCUT2D eigenvalue weighted by molar-refractivity contribution is 5.85. The maximum Gasteiger partial charge on any atom is 0.411 e. The zero-order valence-electron chi connectivity index (χ0n) is 14.0. The Labute approximate surface area is 137 Å². The minimum Gasteiger partial charge on any atom is -0.494 e. The number of benzene rings is 1. The molecule has 0 saturated carbocycles. The van der Waals surface area contributed by atoms with Crippen LogP contribution in [0.15, 0.2) is 18.2 Å². The minimum atomic E-state index is -0.427. The first-order valence-electron chi connectivity index (χ1n) is 8.16. The Bertz CT molecular complexity index is 501. The van der Waals surface area contributed by atoms with Crippen LogP contribution < -0.4 is 10.1 Å². The van der Waals surface area contributed by atoms with E-state index >= 15 is 0 Å². The average molecular weight is 322 g/mol. The van der Waals surface area contributed by atoms with Crippen molar-refractivity contribution < 1.29 is 19.0 Å². The van der Waals surface area contributed by atoms with Crippen molar-refractivity contribution >= 4 is 11.8 Å². The second kappa shape index (κ2) is 9.37. The Morgan fingerprint density at radius 2 is 2.09 bits per heavy atom. The maximum absolute atomic E-state index is 11.9. The molecule has 6 nitrogen and oxygen atoms in total. The Morgan fingerprint density at radius 3 is 2.78 bits per heavy atom. The van der Waals surface area contributed by atoms with Crippen molar-refractivity contribution in [3.8, 4) is 5.75 Å². The summed E-state index contributed by atoms with van der Waals surface area (Å²) in [5.74, 6) is 0.815. The predicted octanol–water partition coefficient (Wildman–Crippen LogP) is 2.66. The fourth-order valence-electron chi connectivity index (χ4n) is 2.32. The van der Waals surface area contributed by atoms with Crippen molar-refractivity contribution in [2.45, 2.75) is 20.3 Å². The fourth-order valence-corrected chi connectivity index (χ4v) is 2.32. The van der Waals surface area contributed by atoms with Gasteiger partial charge in [0.15, 0.2) is 0 Å². The second-order valence-electron chi connectivity index (χ2n) is 5.54. The van der Waals surface area contributed by atoms with Crippen molar-refractivity contribution in [2.24, 2.45) is 0 Å². The molecule has 0 bridgehead atoms. The highest BCUT2D eigenvalue weighted by Crippen LogP contribution is 2.21. The zero-order chi connectivity index (χ0) is 16.5. The number of amides is 1. The van der Waals surface area contributed by atoms with Crippen LogP contribution in [0.1, 0.15) is 18.9 Å². The molecule has 1 aliphatic heterocycles. The van der Waals surface area contributed by atoms with Gasteiger partial charge >= 0.3 is 6.09 Å². The monoisotopic (exact) mass is 322 g/mol. The molecular weight excluding hydrogens is 296 g/mol. The van der Waals surface area contributed by atoms with Gasteiger partial charge in [-0.2, -0.15) is 0 Å². The van der Waals surface area contributed by atoms with Crippen molar-refractivity contribution in [3.05, 3.63) is 23.8 Å². The van der Waals surface area contributed by atoms with Crippen LogP contribution in [0, 0.1) is 6.92 Å². The van der Waals surface area contributed by atoms with E-state index in [-0.39, 0.29) is 0 Å². The van der Waals surface area contributed by atoms with E-state index in [9.17, 15) is 4.79 Å². The summed E-state index contributed by atoms with van der Waals surface area (Å²) in [5.41, 5.74) is 1.69. The Kier molecular flexibility index (Phi) is 7.16. The van der Waals surface area contributed by atoms with Crippen molar-refractivity contribution in [3.63, 3.8) is 0 Å². The normalized spacial score (nSPS) is 15.2. The van der Waals surface area contributed by atoms with E-state index in [1.165, 1.54) is 0 Å². The Morgan fingerprint density at radius 1 is 1.30 bits per heavy atom. The predicted molar refractivity (Wildman–Crippen MR) is 89.2 cm³/mol. The van der Waals surface area contributed by atoms with Crippen LogP contribution in [0.25, 0.3) is 0 Å². The number of hydrogen-bond acceptors (Lipinski definition) is 5. The maximum atomic E-state index is 11.9. The molecule has 0 radical (unpaired) electrons. The lowest BCUT2D eigenvalue weighted by Gasteiger charge is -2.26. The van der Waals surface area contributed by atoms with Crippen LogP contribution in [-0.2, 0) is 9.47 Å². The van der Waals surface area contributed by atoms with Gasteiger partial charge in [-0.25, -0.2) is 4.79 Å². The van der Waals surface area contributed by atoms with Gasteiger partial charge in [0.05, 0.1) is 19.8 Å². The molecule has 0 atom stereocenters. The molecule has 6 heteroatoms. The van der Waals surface area contributed by atoms with E-state index < -0.39 is 6.09 Å². The molecule has 1 N–H and O–H groups in total. The number of nitrogens with zero attached hydrogens (tertiary/aromatic N) is 1. The highest BCUT2D eigenvalue weighted by Gasteiger charge is 2.11. The molecule has 0 spiro atoms. The third kappa shape index (κ3) is 6.08. The number of morpholine rings is 1. The van der Waals surface area contributed by atoms with Crippen molar-refractivity contribution in [1.82, 2.24) is 4.90 Å². The number of rotatable bonds is 7. The lowest BCUT2D eigenvalue weighted by Crippen LogP contribution is -2.38. The number of aryl methyl sites for hydroxylation is 1. The van der Waals surface area contributed by atoms with Crippen molar-refractivity contribution in [2.75, 3.05) is 51.4 Å². The molecule has 1 saturated heterocycles. The summed E-state index contributed by atoms with van der Waals surface area (Å²) < 4.78 is 16.1. The summed E-state index contributed by atoms with van der Waals surface area (Å²) in [6.07, 6.45) is 0.540. The van der Waals surface area contributed by atoms with Gasteiger partial charge < -0.3 is 14.2 Å². The molecule has 1 amide bonds. The number of ether oxygens (including phenoxy) is 3. The average Bonchev–Trinajstić information content (AvgIpc) is 2.56. The van der Waals surface area contributed by atoms with Crippen LogP contribution >= 0.6 is 0 Å². The minimum absolute atomic E-state index is 0.378. The van der Waals surface area contributed by atoms with E-state index in [4.69, 9.17) is 14.2 Å². The van der Waals surface area contributed by atoms with Gasteiger partial charge in [-0.3, -0.25) is 10.2 Å². The van der Waals surface area contributed by atoms with Crippen LogP contribution in [0.2, 0.25) is 0 Å². The molecular formula is C17H26N2O4. The Hall–Kier alpha value is -1.79. The lowest BCUT2D eigenvalue weighted by atomic mass is 10.2. The molecule has 1 heterocycles. The molecule has 1 fully saturated rings. The molecule has 0 unspecified atom stereocenters. The Balaban J connectivity index is 1.73. The second-order valence-corrected chi connectivity index (χ2v) is 5.54. The van der Waals surface area contributed by atoms with Gasteiger partial charge in [0.2, 0.25) is 0 Å². The van der Waals surface area contributed by atoms with E-state index in [1.807, 2.05) is 25.1 Å². The summed E-state index contributed by atoms with van der Waals surface area (Å²) in [6, 6.07) is 5.61. The molecule has 1 aromatic carbocycles. The SMILES string of the molecule is CCCOc1ccc(NC(=O)OCCN2CCOCC2)c(C)c1. The summed E-state index contributed by atoms with van der Waals surface area (Å²) in [5, 5.41) is 2.77. The molecule has 1 aliphatic rings. The summed E-state index contributed by atoms with van der Waals surface area (Å²) in [7, 11) is 0. The summed E-state index contributed by atoms with van der Waals surface area (Å²) in [4.78, 5) is 14.1. The van der Waals surface area contributed by atoms with E-state index in [0.29, 0.717) is 13.2 Å². The van der Waals surface area contributed by atoms with Gasteiger partial charge in [-0.15, -0.1) is 0 Å². The van der Waals surface area contributed by atoms with Crippen LogP contribution in [0.4, 0.5) is 10.5 Å². The van der Waals surface area contributed by atoms with Gasteiger partial charge in [0.25, 0.3) is 0 Å². The summed E-state index contributed by atoms with van der Waals surface area (Å²) >= 11 is 0. The first-order chi connectivity index (χ1) is 11.2. The van der Waals surface area contributed by atoms with Crippen LogP contribution in [0.3, 0.4) is 0 Å². The number of anilines is 1. The third-order valence-corrected chi connectivity index (χ3v) is 3.65. The van der Waals surface area contributed by atoms with Crippen molar-refractivity contribution in [1.29, 1.82) is 0 Å². The number of carbonyl (C=O) groups excluding carboxylic acids is 1. The molecule has 0 aliphatic carbocycles. The fraction of sp³-hybridized carbons (Fsp3) is 0.588. The van der Waals surface area contributed by atoms with E-state index in [2.05, 4.69) is 17.1 Å². The third-order valence-electron chi connectivity index (χ3n) is 3.65. The molecule has 1 aromatic rings. The molecule has 2 rings (SSSR count). The molecule has 128 valence electrons. The summed E-state index contributed by atoms with van der Waals surface area (Å²) in [6.45, 7) is 9.08. The zero-order valence-corrected chi connectivity index (χ0v) is 14.0. The highest BCUT2D eigenvalue weighted by atomic mass is 16.5.